The minimum Gasteiger partial charge on any atom is -0.185 e. The van der Waals surface area contributed by atoms with Gasteiger partial charge in [-0.2, -0.15) is 5.53 Å². The predicted octanol–water partition coefficient (Wildman–Crippen LogP) is 4.12. The maximum absolute atomic E-state index is 6.53. The van der Waals surface area contributed by atoms with Crippen molar-refractivity contribution >= 4 is 18.0 Å². The standard InChI is InChI=1S/C10H15N3S/c1-4-6-7-9(3)14-10(5-2)8-12-13-11/h4-8,11H,1-3H3/b6-4-,9-7+,10-5-,12-8-,13-11?. The van der Waals surface area contributed by atoms with Crippen LogP contribution in [0.15, 0.2) is 44.4 Å². The zero-order valence-electron chi connectivity index (χ0n) is 8.69. The molecule has 0 saturated carbocycles. The second kappa shape index (κ2) is 8.44. The van der Waals surface area contributed by atoms with Crippen molar-refractivity contribution in [2.24, 2.45) is 10.3 Å². The van der Waals surface area contributed by atoms with Gasteiger partial charge in [-0.1, -0.05) is 41.3 Å². The number of thioether (sulfide) groups is 1. The molecule has 0 aliphatic rings. The van der Waals surface area contributed by atoms with Crippen LogP contribution in [0, 0.1) is 5.53 Å². The van der Waals surface area contributed by atoms with E-state index in [9.17, 15) is 0 Å². The van der Waals surface area contributed by atoms with Gasteiger partial charge in [0.1, 0.15) is 0 Å². The number of hydrogen-bond donors (Lipinski definition) is 1. The lowest BCUT2D eigenvalue weighted by Crippen LogP contribution is -1.77. The van der Waals surface area contributed by atoms with Crippen LogP contribution in [0.25, 0.3) is 0 Å². The fourth-order valence-electron chi connectivity index (χ4n) is 0.697. The van der Waals surface area contributed by atoms with E-state index in [2.05, 4.69) is 10.3 Å². The summed E-state index contributed by atoms with van der Waals surface area (Å²) >= 11 is 1.60. The Morgan fingerprint density at radius 3 is 2.57 bits per heavy atom. The van der Waals surface area contributed by atoms with Gasteiger partial charge in [0.25, 0.3) is 0 Å². The molecule has 0 saturated heterocycles. The van der Waals surface area contributed by atoms with E-state index in [0.29, 0.717) is 0 Å². The monoisotopic (exact) mass is 209 g/mol. The molecule has 0 unspecified atom stereocenters. The summed E-state index contributed by atoms with van der Waals surface area (Å²) in [6, 6.07) is 0. The van der Waals surface area contributed by atoms with Crippen molar-refractivity contribution in [3.63, 3.8) is 0 Å². The Morgan fingerprint density at radius 1 is 1.36 bits per heavy atom. The van der Waals surface area contributed by atoms with Crippen LogP contribution in [0.1, 0.15) is 20.8 Å². The number of rotatable bonds is 5. The van der Waals surface area contributed by atoms with Crippen LogP contribution in [0.2, 0.25) is 0 Å². The van der Waals surface area contributed by atoms with Crippen molar-refractivity contribution in [1.82, 2.24) is 0 Å². The molecule has 0 amide bonds. The molecule has 0 aliphatic heterocycles. The molecular formula is C10H15N3S. The van der Waals surface area contributed by atoms with Gasteiger partial charge in [0.05, 0.1) is 6.21 Å². The number of nitrogens with zero attached hydrogens (tertiary/aromatic N) is 2. The highest BCUT2D eigenvalue weighted by Gasteiger charge is 1.94. The highest BCUT2D eigenvalue weighted by Crippen LogP contribution is 2.23. The maximum atomic E-state index is 6.53. The first kappa shape index (κ1) is 12.8. The Bertz CT molecular complexity index is 288. The molecule has 0 aliphatic carbocycles. The molecule has 0 radical (unpaired) electrons. The average molecular weight is 209 g/mol. The van der Waals surface area contributed by atoms with Crippen LogP contribution in [0.4, 0.5) is 0 Å². The Balaban J connectivity index is 4.33. The van der Waals surface area contributed by atoms with E-state index in [1.54, 1.807) is 18.0 Å². The molecule has 0 aromatic rings. The molecular weight excluding hydrogens is 194 g/mol. The molecule has 1 N–H and O–H groups in total. The Kier molecular flexibility index (Phi) is 7.74. The maximum Gasteiger partial charge on any atom is 0.0649 e. The summed E-state index contributed by atoms with van der Waals surface area (Å²) < 4.78 is 0. The van der Waals surface area contributed by atoms with Gasteiger partial charge in [-0.05, 0) is 25.7 Å². The number of allylic oxidation sites excluding steroid dienone is 6. The van der Waals surface area contributed by atoms with E-state index in [1.165, 1.54) is 4.91 Å². The van der Waals surface area contributed by atoms with Crippen LogP contribution < -0.4 is 0 Å². The molecule has 76 valence electrons. The molecule has 14 heavy (non-hydrogen) atoms. The normalized spacial score (nSPS) is 14.2. The van der Waals surface area contributed by atoms with Crippen LogP contribution in [0.3, 0.4) is 0 Å². The van der Waals surface area contributed by atoms with E-state index in [0.717, 1.165) is 4.91 Å². The topological polar surface area (TPSA) is 48.6 Å². The SMILES string of the molecule is C/C=C\C=C(/C)SC(/C=N\N=N)=C\C. The third-order valence-electron chi connectivity index (χ3n) is 1.33. The first-order valence-corrected chi connectivity index (χ1v) is 5.09. The highest BCUT2D eigenvalue weighted by atomic mass is 32.2. The minimum atomic E-state index is 0.985. The van der Waals surface area contributed by atoms with E-state index in [-0.39, 0.29) is 0 Å². The summed E-state index contributed by atoms with van der Waals surface area (Å²) in [4.78, 5) is 2.16. The van der Waals surface area contributed by atoms with E-state index in [1.807, 2.05) is 45.1 Å². The third kappa shape index (κ3) is 6.37. The quantitative estimate of drug-likeness (QED) is 0.315. The molecule has 0 aromatic carbocycles. The summed E-state index contributed by atoms with van der Waals surface area (Å²) in [5.74, 6) is 0. The second-order valence-corrected chi connectivity index (χ2v) is 3.76. The molecule has 3 nitrogen and oxygen atoms in total. The lowest BCUT2D eigenvalue weighted by molar-refractivity contribution is 0.997. The summed E-state index contributed by atoms with van der Waals surface area (Å²) in [7, 11) is 0. The minimum absolute atomic E-state index is 0.985. The van der Waals surface area contributed by atoms with Gasteiger partial charge in [0.2, 0.25) is 0 Å². The fourth-order valence-corrected chi connectivity index (χ4v) is 1.43. The summed E-state index contributed by atoms with van der Waals surface area (Å²) in [5, 5.41) is 6.43. The van der Waals surface area contributed by atoms with Gasteiger partial charge >= 0.3 is 0 Å². The molecule has 0 spiro atoms. The molecule has 0 aromatic heterocycles. The van der Waals surface area contributed by atoms with E-state index < -0.39 is 0 Å². The number of nitrogens with one attached hydrogen (secondary N) is 1. The Labute approximate surface area is 89.2 Å². The van der Waals surface area contributed by atoms with Crippen molar-refractivity contribution in [3.8, 4) is 0 Å². The van der Waals surface area contributed by atoms with E-state index in [4.69, 9.17) is 5.53 Å². The van der Waals surface area contributed by atoms with Crippen molar-refractivity contribution < 1.29 is 0 Å². The molecule has 4 heteroatoms. The first-order valence-electron chi connectivity index (χ1n) is 4.28. The Morgan fingerprint density at radius 2 is 2.07 bits per heavy atom. The van der Waals surface area contributed by atoms with Crippen molar-refractivity contribution in [2.75, 3.05) is 0 Å². The number of hydrogen-bond acceptors (Lipinski definition) is 3. The van der Waals surface area contributed by atoms with Gasteiger partial charge in [0.15, 0.2) is 0 Å². The third-order valence-corrected chi connectivity index (χ3v) is 2.36. The van der Waals surface area contributed by atoms with Gasteiger partial charge in [0, 0.05) is 4.91 Å². The summed E-state index contributed by atoms with van der Waals surface area (Å²) in [5.41, 5.74) is 6.53. The molecule has 0 bridgehead atoms. The van der Waals surface area contributed by atoms with Crippen LogP contribution in [-0.2, 0) is 0 Å². The smallest absolute Gasteiger partial charge is 0.0649 e. The van der Waals surface area contributed by atoms with Crippen LogP contribution >= 0.6 is 11.8 Å². The second-order valence-electron chi connectivity index (χ2n) is 2.44. The molecule has 0 atom stereocenters. The van der Waals surface area contributed by atoms with Crippen molar-refractivity contribution in [1.29, 1.82) is 5.53 Å². The van der Waals surface area contributed by atoms with Crippen LogP contribution in [0.5, 0.6) is 0 Å². The average Bonchev–Trinajstić information content (AvgIpc) is 2.21. The van der Waals surface area contributed by atoms with Gasteiger partial charge in [-0.3, -0.25) is 0 Å². The predicted molar refractivity (Wildman–Crippen MR) is 63.6 cm³/mol. The van der Waals surface area contributed by atoms with Crippen molar-refractivity contribution in [2.45, 2.75) is 20.8 Å². The van der Waals surface area contributed by atoms with Crippen LogP contribution in [-0.4, -0.2) is 6.21 Å². The molecule has 0 fully saturated rings. The van der Waals surface area contributed by atoms with Gasteiger partial charge < -0.3 is 0 Å². The molecule has 0 heterocycles. The zero-order valence-corrected chi connectivity index (χ0v) is 9.51. The molecule has 0 rings (SSSR count). The first-order chi connectivity index (χ1) is 6.74. The summed E-state index contributed by atoms with van der Waals surface area (Å²) in [6.45, 7) is 5.94. The van der Waals surface area contributed by atoms with Gasteiger partial charge in [-0.15, -0.1) is 5.10 Å². The largest absolute Gasteiger partial charge is 0.185 e. The zero-order chi connectivity index (χ0) is 10.8. The highest BCUT2D eigenvalue weighted by molar-refractivity contribution is 8.07. The Hall–Kier alpha value is -1.16. The van der Waals surface area contributed by atoms with Gasteiger partial charge in [-0.25, -0.2) is 0 Å². The van der Waals surface area contributed by atoms with E-state index >= 15 is 0 Å². The lowest BCUT2D eigenvalue weighted by atomic mass is 10.5. The summed E-state index contributed by atoms with van der Waals surface area (Å²) in [6.07, 6.45) is 9.51. The van der Waals surface area contributed by atoms with Crippen molar-refractivity contribution in [3.05, 3.63) is 34.1 Å². The fraction of sp³-hybridized carbons (Fsp3) is 0.300. The lowest BCUT2D eigenvalue weighted by Gasteiger charge is -1.98.